The fourth-order valence-corrected chi connectivity index (χ4v) is 4.88. The number of primary amides is 1. The molecule has 0 radical (unpaired) electrons. The minimum atomic E-state index is -0.453. The van der Waals surface area contributed by atoms with Gasteiger partial charge < -0.3 is 16.0 Å². The van der Waals surface area contributed by atoms with E-state index in [4.69, 9.17) is 5.73 Å². The summed E-state index contributed by atoms with van der Waals surface area (Å²) in [5, 5.41) is 3.70. The number of nitrogens with zero attached hydrogens (tertiary/aromatic N) is 1. The molecule has 6 heteroatoms. The quantitative estimate of drug-likeness (QED) is 0.581. The van der Waals surface area contributed by atoms with E-state index in [0.717, 1.165) is 28.7 Å². The van der Waals surface area contributed by atoms with Crippen molar-refractivity contribution in [1.82, 2.24) is 15.3 Å². The van der Waals surface area contributed by atoms with Crippen molar-refractivity contribution in [2.24, 2.45) is 11.7 Å². The maximum atomic E-state index is 11.6. The number of para-hydroxylation sites is 1. The molecule has 5 nitrogen and oxygen atoms in total. The summed E-state index contributed by atoms with van der Waals surface area (Å²) in [6, 6.07) is 10.0. The Morgan fingerprint density at radius 3 is 2.89 bits per heavy atom. The second-order valence-electron chi connectivity index (χ2n) is 7.49. The highest BCUT2D eigenvalue weighted by Crippen LogP contribution is 2.32. The molecule has 4 N–H and O–H groups in total. The van der Waals surface area contributed by atoms with Gasteiger partial charge in [-0.2, -0.15) is 0 Å². The van der Waals surface area contributed by atoms with Crippen LogP contribution >= 0.6 is 11.3 Å². The van der Waals surface area contributed by atoms with Gasteiger partial charge in [0.1, 0.15) is 11.3 Å². The van der Waals surface area contributed by atoms with Crippen LogP contribution in [0.3, 0.4) is 0 Å². The van der Waals surface area contributed by atoms with E-state index in [2.05, 4.69) is 34.3 Å². The van der Waals surface area contributed by atoms with Crippen LogP contribution in [0.25, 0.3) is 21.7 Å². The molecule has 27 heavy (non-hydrogen) atoms. The number of nitrogens with one attached hydrogen (secondary N) is 2. The number of hydrogen-bond acceptors (Lipinski definition) is 4. The smallest absolute Gasteiger partial charge is 0.250 e. The summed E-state index contributed by atoms with van der Waals surface area (Å²) in [5.41, 5.74) is 7.39. The average molecular weight is 383 g/mol. The molecule has 2 aromatic heterocycles. The van der Waals surface area contributed by atoms with Crippen molar-refractivity contribution in [1.29, 1.82) is 0 Å². The number of aromatic amines is 1. The normalized spacial score (nSPS) is 16.6. The first-order chi connectivity index (χ1) is 13.1. The lowest BCUT2D eigenvalue weighted by Gasteiger charge is -2.23. The van der Waals surface area contributed by atoms with Gasteiger partial charge in [-0.15, -0.1) is 11.3 Å². The topological polar surface area (TPSA) is 83.8 Å². The third kappa shape index (κ3) is 3.92. The highest BCUT2D eigenvalue weighted by molar-refractivity contribution is 7.15. The number of hydrogen-bond donors (Lipinski definition) is 3. The van der Waals surface area contributed by atoms with Crippen molar-refractivity contribution in [3.05, 3.63) is 40.8 Å². The van der Waals surface area contributed by atoms with Crippen LogP contribution in [0.5, 0.6) is 0 Å². The SMILES string of the molecule is CC(NCC1CCCCC1)c1ccc(-c2nc3c(C(N)=O)cccc3[nH]2)s1. The third-order valence-electron chi connectivity index (χ3n) is 5.50. The van der Waals surface area contributed by atoms with Crippen molar-refractivity contribution in [3.63, 3.8) is 0 Å². The lowest BCUT2D eigenvalue weighted by Crippen LogP contribution is -2.26. The van der Waals surface area contributed by atoms with Crippen LogP contribution in [0, 0.1) is 5.92 Å². The molecular weight excluding hydrogens is 356 g/mol. The molecule has 1 atom stereocenters. The number of carbonyl (C=O) groups excluding carboxylic acids is 1. The van der Waals surface area contributed by atoms with E-state index in [0.29, 0.717) is 17.1 Å². The van der Waals surface area contributed by atoms with Crippen LogP contribution < -0.4 is 11.1 Å². The highest BCUT2D eigenvalue weighted by atomic mass is 32.1. The lowest BCUT2D eigenvalue weighted by atomic mass is 9.89. The highest BCUT2D eigenvalue weighted by Gasteiger charge is 2.17. The minimum absolute atomic E-state index is 0.330. The number of imidazole rings is 1. The Kier molecular flexibility index (Phi) is 5.27. The molecule has 0 bridgehead atoms. The van der Waals surface area contributed by atoms with E-state index < -0.39 is 5.91 Å². The summed E-state index contributed by atoms with van der Waals surface area (Å²) in [5.74, 6) is 1.16. The summed E-state index contributed by atoms with van der Waals surface area (Å²) in [7, 11) is 0. The zero-order valence-corrected chi connectivity index (χ0v) is 16.4. The Bertz CT molecular complexity index is 939. The molecule has 1 aliphatic rings. The Morgan fingerprint density at radius 2 is 2.11 bits per heavy atom. The third-order valence-corrected chi connectivity index (χ3v) is 6.78. The largest absolute Gasteiger partial charge is 0.366 e. The zero-order chi connectivity index (χ0) is 18.8. The number of thiophene rings is 1. The number of amides is 1. The Labute approximate surface area is 163 Å². The first-order valence-corrected chi connectivity index (χ1v) is 10.6. The van der Waals surface area contributed by atoms with Gasteiger partial charge in [0.25, 0.3) is 5.91 Å². The summed E-state index contributed by atoms with van der Waals surface area (Å²) >= 11 is 1.74. The van der Waals surface area contributed by atoms with Crippen LogP contribution in [-0.4, -0.2) is 22.4 Å². The number of benzene rings is 1. The fraction of sp³-hybridized carbons (Fsp3) is 0.429. The minimum Gasteiger partial charge on any atom is -0.366 e. The molecule has 1 aromatic carbocycles. The Hall–Kier alpha value is -2.18. The van der Waals surface area contributed by atoms with Gasteiger partial charge in [0, 0.05) is 10.9 Å². The van der Waals surface area contributed by atoms with E-state index in [-0.39, 0.29) is 0 Å². The van der Waals surface area contributed by atoms with Gasteiger partial charge in [-0.25, -0.2) is 4.98 Å². The lowest BCUT2D eigenvalue weighted by molar-refractivity contribution is 0.100. The van der Waals surface area contributed by atoms with E-state index in [1.807, 2.05) is 12.1 Å². The average Bonchev–Trinajstić information content (AvgIpc) is 3.33. The maximum Gasteiger partial charge on any atom is 0.250 e. The van der Waals surface area contributed by atoms with Crippen LogP contribution in [0.1, 0.15) is 60.3 Å². The maximum absolute atomic E-state index is 11.6. The van der Waals surface area contributed by atoms with Crippen LogP contribution in [0.4, 0.5) is 0 Å². The van der Waals surface area contributed by atoms with Gasteiger partial charge >= 0.3 is 0 Å². The molecule has 0 spiro atoms. The van der Waals surface area contributed by atoms with E-state index in [1.54, 1.807) is 17.4 Å². The van der Waals surface area contributed by atoms with Gasteiger partial charge in [-0.1, -0.05) is 25.3 Å². The summed E-state index contributed by atoms with van der Waals surface area (Å²) in [6.45, 7) is 3.32. The summed E-state index contributed by atoms with van der Waals surface area (Å²) in [4.78, 5) is 21.9. The van der Waals surface area contributed by atoms with Crippen molar-refractivity contribution in [2.45, 2.75) is 45.1 Å². The molecule has 142 valence electrons. The van der Waals surface area contributed by atoms with Crippen molar-refractivity contribution in [3.8, 4) is 10.7 Å². The first kappa shape index (κ1) is 18.2. The molecular formula is C21H26N4OS. The Balaban J connectivity index is 1.49. The Morgan fingerprint density at radius 1 is 1.30 bits per heavy atom. The zero-order valence-electron chi connectivity index (χ0n) is 15.6. The molecule has 1 unspecified atom stereocenters. The van der Waals surface area contributed by atoms with Gasteiger partial charge in [0.05, 0.1) is 16.0 Å². The number of aromatic nitrogens is 2. The first-order valence-electron chi connectivity index (χ1n) is 9.74. The molecule has 1 amide bonds. The van der Waals surface area contributed by atoms with Gasteiger partial charge in [-0.05, 0) is 56.5 Å². The molecule has 1 fully saturated rings. The number of fused-ring (bicyclic) bond motifs is 1. The number of rotatable bonds is 6. The molecule has 3 aromatic rings. The van der Waals surface area contributed by atoms with Crippen molar-refractivity contribution < 1.29 is 4.79 Å². The van der Waals surface area contributed by atoms with E-state index in [1.165, 1.54) is 37.0 Å². The monoisotopic (exact) mass is 382 g/mol. The molecule has 2 heterocycles. The summed E-state index contributed by atoms with van der Waals surface area (Å²) < 4.78 is 0. The number of carbonyl (C=O) groups is 1. The van der Waals surface area contributed by atoms with Gasteiger partial charge in [-0.3, -0.25) is 4.79 Å². The van der Waals surface area contributed by atoms with Crippen LogP contribution in [-0.2, 0) is 0 Å². The molecule has 0 saturated heterocycles. The van der Waals surface area contributed by atoms with E-state index in [9.17, 15) is 4.79 Å². The number of H-pyrrole nitrogens is 1. The van der Waals surface area contributed by atoms with Crippen molar-refractivity contribution in [2.75, 3.05) is 6.54 Å². The number of nitrogens with two attached hydrogens (primary N) is 1. The predicted molar refractivity (Wildman–Crippen MR) is 111 cm³/mol. The molecule has 4 rings (SSSR count). The molecule has 1 saturated carbocycles. The molecule has 1 aliphatic carbocycles. The van der Waals surface area contributed by atoms with Crippen LogP contribution in [0.15, 0.2) is 30.3 Å². The van der Waals surface area contributed by atoms with Gasteiger partial charge in [0.15, 0.2) is 0 Å². The summed E-state index contributed by atoms with van der Waals surface area (Å²) in [6.07, 6.45) is 6.87. The molecule has 0 aliphatic heterocycles. The predicted octanol–water partition coefficient (Wildman–Crippen LogP) is 4.62. The fourth-order valence-electron chi connectivity index (χ4n) is 3.90. The second kappa shape index (κ2) is 7.82. The van der Waals surface area contributed by atoms with Gasteiger partial charge in [0.2, 0.25) is 0 Å². The second-order valence-corrected chi connectivity index (χ2v) is 8.60. The van der Waals surface area contributed by atoms with Crippen molar-refractivity contribution >= 4 is 28.3 Å². The van der Waals surface area contributed by atoms with E-state index >= 15 is 0 Å². The standard InChI is InChI=1S/C21H26N4OS/c1-13(23-12-14-6-3-2-4-7-14)17-10-11-18(27-17)21-24-16-9-5-8-15(20(22)26)19(16)25-21/h5,8-11,13-14,23H,2-4,6-7,12H2,1H3,(H2,22,26)(H,24,25). The van der Waals surface area contributed by atoms with Crippen LogP contribution in [0.2, 0.25) is 0 Å².